The van der Waals surface area contributed by atoms with Crippen molar-refractivity contribution in [1.82, 2.24) is 0 Å². The van der Waals surface area contributed by atoms with Gasteiger partial charge in [-0.15, -0.1) is 23.5 Å². The molecule has 8 heteroatoms. The maximum atomic E-state index is 12.8. The minimum atomic E-state index is -0.0390. The third-order valence-corrected chi connectivity index (χ3v) is 12.1. The Hall–Kier alpha value is -0.640. The van der Waals surface area contributed by atoms with Crippen molar-refractivity contribution < 1.29 is 9.59 Å². The van der Waals surface area contributed by atoms with Gasteiger partial charge in [0.1, 0.15) is 0 Å². The molecule has 4 rings (SSSR count). The maximum Gasteiger partial charge on any atom is 0.224 e. The minimum Gasteiger partial charge on any atom is -0.281 e. The maximum absolute atomic E-state index is 12.8. The second-order valence-corrected chi connectivity index (χ2v) is 12.8. The van der Waals surface area contributed by atoms with Crippen LogP contribution >= 0.6 is 70.6 Å². The van der Waals surface area contributed by atoms with Crippen LogP contribution in [0.5, 0.6) is 0 Å². The van der Waals surface area contributed by atoms with Crippen LogP contribution in [0, 0.1) is 0 Å². The van der Waals surface area contributed by atoms with E-state index >= 15 is 0 Å². The highest BCUT2D eigenvalue weighted by molar-refractivity contribution is 8.44. The van der Waals surface area contributed by atoms with Gasteiger partial charge in [0, 0.05) is 22.6 Å². The molecule has 2 aliphatic heterocycles. The fourth-order valence-electron chi connectivity index (χ4n) is 2.34. The summed E-state index contributed by atoms with van der Waals surface area (Å²) >= 11 is 9.44. The molecule has 0 saturated carbocycles. The van der Waals surface area contributed by atoms with Crippen molar-refractivity contribution in [3.63, 3.8) is 0 Å². The van der Waals surface area contributed by atoms with Crippen LogP contribution in [-0.4, -0.2) is 21.7 Å². The van der Waals surface area contributed by atoms with Crippen LogP contribution in [0.25, 0.3) is 0 Å². The molecule has 0 bridgehead atoms. The summed E-state index contributed by atoms with van der Waals surface area (Å²) in [6, 6.07) is 18.5. The van der Waals surface area contributed by atoms with E-state index < -0.39 is 0 Å². The third-order valence-electron chi connectivity index (χ3n) is 3.64. The summed E-state index contributed by atoms with van der Waals surface area (Å²) in [4.78, 5) is 25.6. The first kappa shape index (κ1) is 20.6. The quantitative estimate of drug-likeness (QED) is 0.451. The first-order valence-corrected chi connectivity index (χ1v) is 13.6. The highest BCUT2D eigenvalue weighted by Gasteiger charge is 2.29. The van der Waals surface area contributed by atoms with Gasteiger partial charge in [0.2, 0.25) is 10.2 Å². The van der Waals surface area contributed by atoms with E-state index in [0.29, 0.717) is 11.1 Å². The Morgan fingerprint density at radius 3 is 1.54 bits per heavy atom. The summed E-state index contributed by atoms with van der Waals surface area (Å²) in [5, 5.41) is -0.0781. The van der Waals surface area contributed by atoms with Gasteiger partial charge in [0.05, 0.1) is 16.9 Å². The highest BCUT2D eigenvalue weighted by Crippen LogP contribution is 2.62. The van der Waals surface area contributed by atoms with E-state index in [2.05, 4.69) is 0 Å². The Kier molecular flexibility index (Phi) is 7.30. The molecule has 0 N–H and O–H groups in total. The van der Waals surface area contributed by atoms with Crippen LogP contribution in [0.1, 0.15) is 20.7 Å². The highest BCUT2D eigenvalue weighted by atomic mass is 32.3. The van der Waals surface area contributed by atoms with Crippen LogP contribution < -0.4 is 0 Å². The average molecular weight is 479 g/mol. The van der Waals surface area contributed by atoms with E-state index in [1.807, 2.05) is 84.2 Å². The number of thioether (sulfide) groups is 6. The van der Waals surface area contributed by atoms with Gasteiger partial charge in [-0.25, -0.2) is 0 Å². The second-order valence-electron chi connectivity index (χ2n) is 5.56. The van der Waals surface area contributed by atoms with Crippen molar-refractivity contribution in [1.29, 1.82) is 0 Å². The standard InChI is InChI=1S/C20H14O2S6/c21-15(13-7-3-1-4-8-13)25-19(26-16(22)14-9-5-2-6-10-14)20-27-17-18(28-20)24-12-11-23-17/h1-10H,11-12H2. The summed E-state index contributed by atoms with van der Waals surface area (Å²) in [6.07, 6.45) is 0. The Morgan fingerprint density at radius 1 is 0.679 bits per heavy atom. The normalized spacial score (nSPS) is 16.1. The lowest BCUT2D eigenvalue weighted by Crippen LogP contribution is -1.97. The molecule has 0 atom stereocenters. The molecule has 2 heterocycles. The number of hydrogen-bond donors (Lipinski definition) is 0. The summed E-state index contributed by atoms with van der Waals surface area (Å²) in [6.45, 7) is 0. The second kappa shape index (κ2) is 9.91. The van der Waals surface area contributed by atoms with Gasteiger partial charge in [-0.1, -0.05) is 84.2 Å². The zero-order valence-corrected chi connectivity index (χ0v) is 19.4. The minimum absolute atomic E-state index is 0.0390. The Bertz CT molecular complexity index is 878. The molecule has 0 saturated heterocycles. The van der Waals surface area contributed by atoms with Gasteiger partial charge in [-0.2, -0.15) is 0 Å². The Labute approximate surface area is 189 Å². The van der Waals surface area contributed by atoms with Gasteiger partial charge in [0.25, 0.3) is 0 Å². The van der Waals surface area contributed by atoms with E-state index in [9.17, 15) is 9.59 Å². The molecule has 0 fully saturated rings. The van der Waals surface area contributed by atoms with Gasteiger partial charge in [-0.05, 0) is 23.5 Å². The van der Waals surface area contributed by atoms with Gasteiger partial charge < -0.3 is 0 Å². The molecule has 2 aromatic carbocycles. The van der Waals surface area contributed by atoms with Gasteiger partial charge in [-0.3, -0.25) is 9.59 Å². The van der Waals surface area contributed by atoms with Crippen LogP contribution in [-0.2, 0) is 0 Å². The molecule has 0 amide bonds. The smallest absolute Gasteiger partial charge is 0.224 e. The number of rotatable bonds is 4. The van der Waals surface area contributed by atoms with Crippen molar-refractivity contribution in [2.45, 2.75) is 0 Å². The molecule has 2 nitrogen and oxygen atoms in total. The van der Waals surface area contributed by atoms with E-state index in [4.69, 9.17) is 0 Å². The van der Waals surface area contributed by atoms with Gasteiger partial charge >= 0.3 is 0 Å². The lowest BCUT2D eigenvalue weighted by atomic mass is 10.2. The van der Waals surface area contributed by atoms with Crippen molar-refractivity contribution in [3.8, 4) is 0 Å². The van der Waals surface area contributed by atoms with Gasteiger partial charge in [0.15, 0.2) is 0 Å². The number of carbonyl (C=O) groups is 2. The number of benzene rings is 2. The lowest BCUT2D eigenvalue weighted by Gasteiger charge is -2.09. The molecule has 2 aliphatic rings. The van der Waals surface area contributed by atoms with Crippen LogP contribution in [0.2, 0.25) is 0 Å². The van der Waals surface area contributed by atoms with Crippen molar-refractivity contribution in [2.24, 2.45) is 0 Å². The summed E-state index contributed by atoms with van der Waals surface area (Å²) in [5.41, 5.74) is 1.29. The molecule has 0 aromatic heterocycles. The van der Waals surface area contributed by atoms with Crippen molar-refractivity contribution in [2.75, 3.05) is 11.5 Å². The molecule has 142 valence electrons. The van der Waals surface area contributed by atoms with E-state index in [1.54, 1.807) is 23.5 Å². The van der Waals surface area contributed by atoms with Crippen LogP contribution in [0.15, 0.2) is 77.6 Å². The zero-order valence-electron chi connectivity index (χ0n) is 14.5. The SMILES string of the molecule is O=C(SC(SC(=O)c1ccccc1)=C1SC2=C(SCCS2)S1)c1ccccc1. The largest absolute Gasteiger partial charge is 0.281 e. The van der Waals surface area contributed by atoms with Crippen molar-refractivity contribution in [3.05, 3.63) is 88.7 Å². The van der Waals surface area contributed by atoms with E-state index in [1.165, 1.54) is 8.47 Å². The van der Waals surface area contributed by atoms with Crippen LogP contribution in [0.4, 0.5) is 0 Å². The Morgan fingerprint density at radius 2 is 1.11 bits per heavy atom. The summed E-state index contributed by atoms with van der Waals surface area (Å²) in [7, 11) is 0. The molecule has 28 heavy (non-hydrogen) atoms. The third kappa shape index (κ3) is 5.09. The van der Waals surface area contributed by atoms with Crippen LogP contribution in [0.3, 0.4) is 0 Å². The summed E-state index contributed by atoms with van der Waals surface area (Å²) < 4.78 is 4.41. The average Bonchev–Trinajstić information content (AvgIpc) is 3.18. The zero-order chi connectivity index (χ0) is 19.3. The van der Waals surface area contributed by atoms with E-state index in [-0.39, 0.29) is 10.2 Å². The number of carbonyl (C=O) groups excluding carboxylic acids is 2. The monoisotopic (exact) mass is 478 g/mol. The topological polar surface area (TPSA) is 34.1 Å². The van der Waals surface area contributed by atoms with Crippen molar-refractivity contribution >= 4 is 80.8 Å². The summed E-state index contributed by atoms with van der Waals surface area (Å²) in [5.74, 6) is 2.21. The predicted molar refractivity (Wildman–Crippen MR) is 131 cm³/mol. The molecule has 0 aliphatic carbocycles. The van der Waals surface area contributed by atoms with E-state index in [0.717, 1.165) is 43.5 Å². The molecular formula is C20H14O2S6. The Balaban J connectivity index is 1.59. The molecule has 0 unspecified atom stereocenters. The first-order valence-electron chi connectivity index (χ1n) is 8.35. The molecule has 0 spiro atoms. The molecular weight excluding hydrogens is 465 g/mol. The fourth-order valence-corrected chi connectivity index (χ4v) is 10.6. The molecule has 0 radical (unpaired) electrons. The first-order chi connectivity index (χ1) is 13.7. The fraction of sp³-hybridized carbons (Fsp3) is 0.100. The number of hydrogen-bond acceptors (Lipinski definition) is 8. The predicted octanol–water partition coefficient (Wildman–Crippen LogP) is 7.35. The lowest BCUT2D eigenvalue weighted by molar-refractivity contribution is 0.108. The molecule has 2 aromatic rings.